The number of hydrogen-bond donors (Lipinski definition) is 3. The standard InChI is InChI=1S/C14H13FN6O/c15-11-8-10(2-3-12(11)21-7-1-4-19-21)20-14(22)18-9-13-16-5-6-17-13/h1-8H,9H2,(H,16,17)(H2,18,20,22). The minimum Gasteiger partial charge on any atom is -0.347 e. The average Bonchev–Trinajstić information content (AvgIpc) is 3.19. The number of aromatic amines is 1. The fourth-order valence-corrected chi connectivity index (χ4v) is 1.92. The molecule has 0 aliphatic heterocycles. The first kappa shape index (κ1) is 13.8. The number of benzene rings is 1. The van der Waals surface area contributed by atoms with E-state index in [4.69, 9.17) is 0 Å². The van der Waals surface area contributed by atoms with Crippen molar-refractivity contribution in [2.45, 2.75) is 6.54 Å². The third kappa shape index (κ3) is 3.11. The van der Waals surface area contributed by atoms with Gasteiger partial charge in [0.05, 0.1) is 6.54 Å². The fourth-order valence-electron chi connectivity index (χ4n) is 1.92. The first-order chi connectivity index (χ1) is 10.7. The molecule has 0 saturated carbocycles. The Morgan fingerprint density at radius 1 is 1.36 bits per heavy atom. The molecule has 0 unspecified atom stereocenters. The highest BCUT2D eigenvalue weighted by Gasteiger charge is 2.08. The van der Waals surface area contributed by atoms with Crippen LogP contribution in [-0.2, 0) is 6.54 Å². The van der Waals surface area contributed by atoms with Crippen molar-refractivity contribution in [1.29, 1.82) is 0 Å². The highest BCUT2D eigenvalue weighted by Crippen LogP contribution is 2.17. The summed E-state index contributed by atoms with van der Waals surface area (Å²) in [6.07, 6.45) is 6.46. The maximum atomic E-state index is 14.0. The predicted octanol–water partition coefficient (Wildman–Crippen LogP) is 2.06. The minimum atomic E-state index is -0.479. The second kappa shape index (κ2) is 6.08. The topological polar surface area (TPSA) is 87.6 Å². The smallest absolute Gasteiger partial charge is 0.319 e. The molecule has 1 aromatic carbocycles. The summed E-state index contributed by atoms with van der Waals surface area (Å²) in [5.74, 6) is 0.155. The molecule has 2 aromatic heterocycles. The molecule has 8 heteroatoms. The SMILES string of the molecule is O=C(NCc1ncc[nH]1)Nc1ccc(-n2cccn2)c(F)c1. The molecular formula is C14H13FN6O. The van der Waals surface area contributed by atoms with Crippen LogP contribution in [-0.4, -0.2) is 25.8 Å². The molecule has 112 valence electrons. The Balaban J connectivity index is 1.63. The Morgan fingerprint density at radius 2 is 2.27 bits per heavy atom. The maximum absolute atomic E-state index is 14.0. The van der Waals surface area contributed by atoms with Gasteiger partial charge < -0.3 is 15.6 Å². The van der Waals surface area contributed by atoms with E-state index in [1.807, 2.05) is 0 Å². The van der Waals surface area contributed by atoms with E-state index in [2.05, 4.69) is 25.7 Å². The van der Waals surface area contributed by atoms with E-state index in [0.29, 0.717) is 17.2 Å². The van der Waals surface area contributed by atoms with Crippen LogP contribution >= 0.6 is 0 Å². The highest BCUT2D eigenvalue weighted by atomic mass is 19.1. The third-order valence-corrected chi connectivity index (χ3v) is 2.93. The number of hydrogen-bond acceptors (Lipinski definition) is 3. The lowest BCUT2D eigenvalue weighted by molar-refractivity contribution is 0.251. The monoisotopic (exact) mass is 300 g/mol. The number of aromatic nitrogens is 4. The van der Waals surface area contributed by atoms with Crippen molar-refractivity contribution in [2.24, 2.45) is 0 Å². The van der Waals surface area contributed by atoms with E-state index in [0.717, 1.165) is 0 Å². The third-order valence-electron chi connectivity index (χ3n) is 2.93. The Kier molecular flexibility index (Phi) is 3.82. The number of urea groups is 1. The van der Waals surface area contributed by atoms with E-state index in [-0.39, 0.29) is 6.54 Å². The molecule has 3 N–H and O–H groups in total. The molecule has 0 fully saturated rings. The molecular weight excluding hydrogens is 287 g/mol. The highest BCUT2D eigenvalue weighted by molar-refractivity contribution is 5.89. The van der Waals surface area contributed by atoms with Gasteiger partial charge in [0.25, 0.3) is 0 Å². The maximum Gasteiger partial charge on any atom is 0.319 e. The van der Waals surface area contributed by atoms with Gasteiger partial charge in [-0.3, -0.25) is 0 Å². The number of anilines is 1. The summed E-state index contributed by atoms with van der Waals surface area (Å²) in [5, 5.41) is 9.13. The van der Waals surface area contributed by atoms with E-state index in [9.17, 15) is 9.18 Å². The van der Waals surface area contributed by atoms with Gasteiger partial charge in [0.2, 0.25) is 0 Å². The summed E-state index contributed by atoms with van der Waals surface area (Å²) in [7, 11) is 0. The zero-order valence-electron chi connectivity index (χ0n) is 11.5. The Morgan fingerprint density at radius 3 is 2.95 bits per heavy atom. The van der Waals surface area contributed by atoms with Crippen LogP contribution in [0.5, 0.6) is 0 Å². The Bertz CT molecular complexity index is 754. The number of amides is 2. The van der Waals surface area contributed by atoms with Gasteiger partial charge in [-0.2, -0.15) is 5.10 Å². The molecule has 0 saturated heterocycles. The summed E-state index contributed by atoms with van der Waals surface area (Å²) in [6.45, 7) is 0.257. The van der Waals surface area contributed by atoms with Crippen molar-refractivity contribution in [3.8, 4) is 5.69 Å². The van der Waals surface area contributed by atoms with Crippen molar-refractivity contribution in [3.63, 3.8) is 0 Å². The van der Waals surface area contributed by atoms with Crippen molar-refractivity contribution in [1.82, 2.24) is 25.1 Å². The lowest BCUT2D eigenvalue weighted by Gasteiger charge is -2.09. The second-order valence-corrected chi connectivity index (χ2v) is 4.46. The molecule has 0 bridgehead atoms. The summed E-state index contributed by atoms with van der Waals surface area (Å²) in [4.78, 5) is 18.6. The summed E-state index contributed by atoms with van der Waals surface area (Å²) in [5.41, 5.74) is 0.664. The Hall–Kier alpha value is -3.16. The normalized spacial score (nSPS) is 10.4. The van der Waals surface area contributed by atoms with Crippen LogP contribution in [0.3, 0.4) is 0 Å². The van der Waals surface area contributed by atoms with Gasteiger partial charge in [-0.25, -0.2) is 18.9 Å². The van der Waals surface area contributed by atoms with Gasteiger partial charge in [-0.05, 0) is 24.3 Å². The van der Waals surface area contributed by atoms with Gasteiger partial charge in [-0.15, -0.1) is 0 Å². The number of carbonyl (C=O) groups is 1. The number of nitrogens with zero attached hydrogens (tertiary/aromatic N) is 3. The van der Waals surface area contributed by atoms with Crippen LogP contribution in [0.25, 0.3) is 5.69 Å². The number of carbonyl (C=O) groups excluding carboxylic acids is 1. The summed E-state index contributed by atoms with van der Waals surface area (Å²) < 4.78 is 15.4. The molecule has 22 heavy (non-hydrogen) atoms. The van der Waals surface area contributed by atoms with Gasteiger partial charge in [0.15, 0.2) is 5.82 Å². The minimum absolute atomic E-state index is 0.257. The lowest BCUT2D eigenvalue weighted by Crippen LogP contribution is -2.28. The quantitative estimate of drug-likeness (QED) is 0.689. The summed E-state index contributed by atoms with van der Waals surface area (Å²) >= 11 is 0. The van der Waals surface area contributed by atoms with Crippen LogP contribution in [0.2, 0.25) is 0 Å². The number of imidazole rings is 1. The molecule has 0 radical (unpaired) electrons. The van der Waals surface area contributed by atoms with Crippen LogP contribution in [0.15, 0.2) is 49.1 Å². The van der Waals surface area contributed by atoms with Crippen molar-refractivity contribution >= 4 is 11.7 Å². The largest absolute Gasteiger partial charge is 0.347 e. The van der Waals surface area contributed by atoms with Crippen molar-refractivity contribution in [2.75, 3.05) is 5.32 Å². The van der Waals surface area contributed by atoms with Crippen LogP contribution in [0.4, 0.5) is 14.9 Å². The van der Waals surface area contributed by atoms with E-state index in [1.165, 1.54) is 10.7 Å². The first-order valence-electron chi connectivity index (χ1n) is 6.55. The van der Waals surface area contributed by atoms with Gasteiger partial charge in [0.1, 0.15) is 11.5 Å². The van der Waals surface area contributed by atoms with Gasteiger partial charge >= 0.3 is 6.03 Å². The van der Waals surface area contributed by atoms with Crippen LogP contribution < -0.4 is 10.6 Å². The van der Waals surface area contributed by atoms with Crippen molar-refractivity contribution in [3.05, 3.63) is 60.7 Å². The molecule has 2 amide bonds. The first-order valence-corrected chi connectivity index (χ1v) is 6.55. The molecule has 0 spiro atoms. The number of nitrogens with one attached hydrogen (secondary N) is 3. The molecule has 0 aliphatic carbocycles. The lowest BCUT2D eigenvalue weighted by atomic mass is 10.2. The predicted molar refractivity (Wildman–Crippen MR) is 78.0 cm³/mol. The zero-order chi connectivity index (χ0) is 15.4. The summed E-state index contributed by atoms with van der Waals surface area (Å²) in [6, 6.07) is 5.65. The molecule has 0 aliphatic rings. The molecule has 3 rings (SSSR count). The van der Waals surface area contributed by atoms with Crippen LogP contribution in [0, 0.1) is 5.82 Å². The number of rotatable bonds is 4. The molecule has 2 heterocycles. The van der Waals surface area contributed by atoms with Gasteiger partial charge in [0, 0.05) is 30.5 Å². The zero-order valence-corrected chi connectivity index (χ0v) is 11.5. The average molecular weight is 300 g/mol. The second-order valence-electron chi connectivity index (χ2n) is 4.46. The number of H-pyrrole nitrogens is 1. The molecule has 3 aromatic rings. The van der Waals surface area contributed by atoms with Crippen LogP contribution in [0.1, 0.15) is 5.82 Å². The molecule has 0 atom stereocenters. The van der Waals surface area contributed by atoms with Gasteiger partial charge in [-0.1, -0.05) is 0 Å². The molecule has 7 nitrogen and oxygen atoms in total. The van der Waals surface area contributed by atoms with E-state index < -0.39 is 11.8 Å². The number of halogens is 1. The Labute approximate surface area is 125 Å². The van der Waals surface area contributed by atoms with E-state index >= 15 is 0 Å². The van der Waals surface area contributed by atoms with Crippen molar-refractivity contribution < 1.29 is 9.18 Å². The van der Waals surface area contributed by atoms with E-state index in [1.54, 1.807) is 43.0 Å². The fraction of sp³-hybridized carbons (Fsp3) is 0.0714.